The summed E-state index contributed by atoms with van der Waals surface area (Å²) in [5, 5.41) is 0. The van der Waals surface area contributed by atoms with E-state index in [4.69, 9.17) is 10.5 Å². The van der Waals surface area contributed by atoms with Gasteiger partial charge in [0.15, 0.2) is 0 Å². The Balaban J connectivity index is 1.93. The first-order valence-corrected chi connectivity index (χ1v) is 5.80. The van der Waals surface area contributed by atoms with Crippen molar-refractivity contribution in [1.82, 2.24) is 0 Å². The Morgan fingerprint density at radius 1 is 1.33 bits per heavy atom. The van der Waals surface area contributed by atoms with Crippen molar-refractivity contribution in [2.75, 3.05) is 13.2 Å². The molecule has 2 aliphatic rings. The Bertz CT molecular complexity index is 382. The summed E-state index contributed by atoms with van der Waals surface area (Å²) in [6, 6.07) is 6.70. The molecule has 1 saturated carbocycles. The first-order valence-electron chi connectivity index (χ1n) is 5.80. The Morgan fingerprint density at radius 3 is 2.93 bits per heavy atom. The Labute approximate surface area is 90.4 Å². The quantitative estimate of drug-likeness (QED) is 0.815. The van der Waals surface area contributed by atoms with Crippen LogP contribution in [0.1, 0.15) is 30.4 Å². The van der Waals surface area contributed by atoms with E-state index in [9.17, 15) is 0 Å². The van der Waals surface area contributed by atoms with Crippen LogP contribution in [0.5, 0.6) is 5.75 Å². The van der Waals surface area contributed by atoms with Crippen LogP contribution in [0.3, 0.4) is 0 Å². The zero-order valence-corrected chi connectivity index (χ0v) is 8.96. The summed E-state index contributed by atoms with van der Waals surface area (Å²) in [7, 11) is 0. The minimum absolute atomic E-state index is 0.423. The smallest absolute Gasteiger partial charge is 0.122 e. The highest BCUT2D eigenvalue weighted by atomic mass is 16.5. The van der Waals surface area contributed by atoms with Gasteiger partial charge in [-0.2, -0.15) is 0 Å². The van der Waals surface area contributed by atoms with Crippen LogP contribution in [0.25, 0.3) is 0 Å². The fraction of sp³-hybridized carbons (Fsp3) is 0.538. The molecule has 0 aromatic heterocycles. The molecule has 15 heavy (non-hydrogen) atoms. The lowest BCUT2D eigenvalue weighted by Gasteiger charge is -2.15. The van der Waals surface area contributed by atoms with Crippen molar-refractivity contribution in [3.8, 4) is 5.75 Å². The first-order chi connectivity index (χ1) is 7.34. The van der Waals surface area contributed by atoms with E-state index in [1.807, 2.05) is 0 Å². The second kappa shape index (κ2) is 3.24. The molecular weight excluding hydrogens is 186 g/mol. The van der Waals surface area contributed by atoms with Crippen molar-refractivity contribution in [2.24, 2.45) is 5.73 Å². The highest BCUT2D eigenvalue weighted by molar-refractivity contribution is 5.44. The molecule has 0 bridgehead atoms. The molecule has 1 aliphatic heterocycles. The van der Waals surface area contributed by atoms with Crippen LogP contribution >= 0.6 is 0 Å². The summed E-state index contributed by atoms with van der Waals surface area (Å²) in [6.45, 7) is 1.65. The van der Waals surface area contributed by atoms with Crippen molar-refractivity contribution in [3.63, 3.8) is 0 Å². The number of hydrogen-bond donors (Lipinski definition) is 1. The fourth-order valence-electron chi connectivity index (χ4n) is 2.63. The molecule has 2 N–H and O–H groups in total. The molecule has 1 aromatic rings. The predicted octanol–water partition coefficient (Wildman–Crippen LogP) is 2.00. The van der Waals surface area contributed by atoms with Crippen LogP contribution in [0.2, 0.25) is 0 Å². The minimum Gasteiger partial charge on any atom is -0.493 e. The van der Waals surface area contributed by atoms with E-state index in [0.717, 1.165) is 31.7 Å². The molecule has 0 unspecified atom stereocenters. The predicted molar refractivity (Wildman–Crippen MR) is 60.2 cm³/mol. The average molecular weight is 203 g/mol. The van der Waals surface area contributed by atoms with E-state index in [1.165, 1.54) is 24.0 Å². The maximum Gasteiger partial charge on any atom is 0.122 e. The number of benzene rings is 1. The van der Waals surface area contributed by atoms with E-state index in [0.29, 0.717) is 5.41 Å². The van der Waals surface area contributed by atoms with Crippen molar-refractivity contribution < 1.29 is 4.74 Å². The van der Waals surface area contributed by atoms with Gasteiger partial charge < -0.3 is 10.5 Å². The number of ether oxygens (including phenoxy) is 1. The molecule has 1 aromatic carbocycles. The minimum atomic E-state index is 0.423. The summed E-state index contributed by atoms with van der Waals surface area (Å²) in [4.78, 5) is 0. The van der Waals surface area contributed by atoms with Gasteiger partial charge in [-0.25, -0.2) is 0 Å². The zero-order valence-electron chi connectivity index (χ0n) is 8.96. The first kappa shape index (κ1) is 9.22. The Hall–Kier alpha value is -1.02. The maximum atomic E-state index is 5.68. The Morgan fingerprint density at radius 2 is 2.20 bits per heavy atom. The third-order valence-corrected chi connectivity index (χ3v) is 3.78. The number of fused-ring (bicyclic) bond motifs is 1. The summed E-state index contributed by atoms with van der Waals surface area (Å²) in [5.74, 6) is 1.09. The van der Waals surface area contributed by atoms with Gasteiger partial charge >= 0.3 is 0 Å². The van der Waals surface area contributed by atoms with Crippen LogP contribution in [-0.2, 0) is 11.8 Å². The molecule has 0 saturated heterocycles. The van der Waals surface area contributed by atoms with Crippen molar-refractivity contribution in [2.45, 2.75) is 31.1 Å². The second-order valence-electron chi connectivity index (χ2n) is 4.74. The molecule has 1 fully saturated rings. The van der Waals surface area contributed by atoms with Crippen LogP contribution < -0.4 is 10.5 Å². The lowest BCUT2D eigenvalue weighted by Crippen LogP contribution is -2.13. The largest absolute Gasteiger partial charge is 0.493 e. The standard InChI is InChI=1S/C13H17NO/c14-7-6-13(4-5-13)11-1-2-12-10(9-11)3-8-15-12/h1-2,9H,3-8,14H2. The molecule has 2 nitrogen and oxygen atoms in total. The zero-order chi connectivity index (χ0) is 10.3. The van der Waals surface area contributed by atoms with Gasteiger partial charge in [-0.1, -0.05) is 12.1 Å². The summed E-state index contributed by atoms with van der Waals surface area (Å²) < 4.78 is 5.52. The van der Waals surface area contributed by atoms with Gasteiger partial charge in [0.25, 0.3) is 0 Å². The highest BCUT2D eigenvalue weighted by Gasteiger charge is 2.43. The lowest BCUT2D eigenvalue weighted by molar-refractivity contribution is 0.356. The van der Waals surface area contributed by atoms with Crippen LogP contribution in [0, 0.1) is 0 Å². The van der Waals surface area contributed by atoms with Crippen LogP contribution in [0.4, 0.5) is 0 Å². The summed E-state index contributed by atoms with van der Waals surface area (Å²) >= 11 is 0. The average Bonchev–Trinajstić information content (AvgIpc) is 2.89. The number of nitrogens with two attached hydrogens (primary N) is 1. The second-order valence-corrected chi connectivity index (χ2v) is 4.74. The van der Waals surface area contributed by atoms with E-state index in [2.05, 4.69) is 18.2 Å². The molecule has 0 amide bonds. The summed E-state index contributed by atoms with van der Waals surface area (Å²) in [5.41, 5.74) is 8.97. The van der Waals surface area contributed by atoms with E-state index >= 15 is 0 Å². The number of rotatable bonds is 3. The fourth-order valence-corrected chi connectivity index (χ4v) is 2.63. The van der Waals surface area contributed by atoms with E-state index in [1.54, 1.807) is 0 Å². The van der Waals surface area contributed by atoms with Gasteiger partial charge in [-0.15, -0.1) is 0 Å². The van der Waals surface area contributed by atoms with Crippen molar-refractivity contribution in [1.29, 1.82) is 0 Å². The van der Waals surface area contributed by atoms with Crippen molar-refractivity contribution in [3.05, 3.63) is 29.3 Å². The molecular formula is C13H17NO. The van der Waals surface area contributed by atoms with Gasteiger partial charge in [0.2, 0.25) is 0 Å². The molecule has 0 radical (unpaired) electrons. The lowest BCUT2D eigenvalue weighted by atomic mass is 9.91. The van der Waals surface area contributed by atoms with Crippen LogP contribution in [-0.4, -0.2) is 13.2 Å². The SMILES string of the molecule is NCCC1(c2ccc3c(c2)CCO3)CC1. The Kier molecular flexibility index (Phi) is 1.99. The monoisotopic (exact) mass is 203 g/mol. The highest BCUT2D eigenvalue weighted by Crippen LogP contribution is 2.51. The molecule has 1 aliphatic carbocycles. The molecule has 80 valence electrons. The van der Waals surface area contributed by atoms with Gasteiger partial charge in [-0.05, 0) is 48.4 Å². The van der Waals surface area contributed by atoms with Gasteiger partial charge in [0, 0.05) is 6.42 Å². The van der Waals surface area contributed by atoms with E-state index < -0.39 is 0 Å². The maximum absolute atomic E-state index is 5.68. The molecule has 0 atom stereocenters. The topological polar surface area (TPSA) is 35.2 Å². The van der Waals surface area contributed by atoms with E-state index in [-0.39, 0.29) is 0 Å². The third kappa shape index (κ3) is 1.44. The molecule has 3 rings (SSSR count). The van der Waals surface area contributed by atoms with Gasteiger partial charge in [0.1, 0.15) is 5.75 Å². The number of hydrogen-bond acceptors (Lipinski definition) is 2. The molecule has 0 spiro atoms. The third-order valence-electron chi connectivity index (χ3n) is 3.78. The van der Waals surface area contributed by atoms with Gasteiger partial charge in [0.05, 0.1) is 6.61 Å². The summed E-state index contributed by atoms with van der Waals surface area (Å²) in [6.07, 6.45) is 4.82. The van der Waals surface area contributed by atoms with Gasteiger partial charge in [-0.3, -0.25) is 0 Å². The van der Waals surface area contributed by atoms with Crippen molar-refractivity contribution >= 4 is 0 Å². The van der Waals surface area contributed by atoms with Crippen LogP contribution in [0.15, 0.2) is 18.2 Å². The normalized spacial score (nSPS) is 20.9. The molecule has 2 heteroatoms. The molecule has 1 heterocycles.